The summed E-state index contributed by atoms with van der Waals surface area (Å²) in [5.41, 5.74) is -1.66. The third-order valence-corrected chi connectivity index (χ3v) is 8.62. The van der Waals surface area contributed by atoms with E-state index in [9.17, 15) is 92.3 Å². The van der Waals surface area contributed by atoms with Gasteiger partial charge in [0.05, 0.1) is 38.4 Å². The van der Waals surface area contributed by atoms with Crippen molar-refractivity contribution in [1.82, 2.24) is 10.2 Å². The van der Waals surface area contributed by atoms with Gasteiger partial charge in [-0.25, -0.2) is 19.2 Å². The molecule has 1 saturated heterocycles. The van der Waals surface area contributed by atoms with Crippen LogP contribution in [0.15, 0.2) is 30.3 Å². The van der Waals surface area contributed by atoms with E-state index < -0.39 is 157 Å². The first-order valence-corrected chi connectivity index (χ1v) is 21.1. The number of primary amides is 1. The van der Waals surface area contributed by atoms with Gasteiger partial charge in [0.25, 0.3) is 5.91 Å². The first kappa shape index (κ1) is 91.6. The van der Waals surface area contributed by atoms with E-state index in [4.69, 9.17) is 66.3 Å². The van der Waals surface area contributed by atoms with Gasteiger partial charge < -0.3 is 106 Å². The van der Waals surface area contributed by atoms with Crippen LogP contribution < -0.4 is 150 Å². The molecule has 0 bridgehead atoms. The van der Waals surface area contributed by atoms with Crippen molar-refractivity contribution < 1.29 is 271 Å². The van der Waals surface area contributed by atoms with Gasteiger partial charge in [-0.1, -0.05) is 50.6 Å². The number of unbranched alkanes of at least 4 members (excludes halogenated alkanes) is 1. The van der Waals surface area contributed by atoms with Gasteiger partial charge in [0.2, 0.25) is 5.91 Å². The Balaban J connectivity index is -0.000000143. The van der Waals surface area contributed by atoms with Gasteiger partial charge in [-0.05, 0) is 31.7 Å². The van der Waals surface area contributed by atoms with Crippen molar-refractivity contribution in [3.05, 3.63) is 35.9 Å². The summed E-state index contributed by atoms with van der Waals surface area (Å²) < 4.78 is 10.5. The zero-order valence-corrected chi connectivity index (χ0v) is 52.3. The number of carbonyl (C=O) groups excluding carboxylic acids is 8. The minimum absolute atomic E-state index is 0. The molecule has 3 unspecified atom stereocenters. The molecule has 5 amide bonds. The molecule has 1 heterocycles. The van der Waals surface area contributed by atoms with Gasteiger partial charge >= 0.3 is 172 Å². The molecule has 1 aromatic carbocycles. The molecule has 1 aromatic rings. The molecule has 0 saturated carbocycles. The van der Waals surface area contributed by atoms with Gasteiger partial charge in [0.1, 0.15) is 24.2 Å². The van der Waals surface area contributed by atoms with Crippen LogP contribution in [0.2, 0.25) is 0 Å². The third kappa shape index (κ3) is 42.0. The van der Waals surface area contributed by atoms with Crippen LogP contribution in [0.3, 0.4) is 0 Å². The number of amides is 5. The molecule has 34 nitrogen and oxygen atoms in total. The zero-order valence-electron chi connectivity index (χ0n) is 44.3. The molecule has 428 valence electrons. The van der Waals surface area contributed by atoms with E-state index >= 15 is 0 Å². The molecule has 0 radical (unpaired) electrons. The SMILES string of the molecule is CC(O)C(=O)O.CCCCOCC(CN1C(=O)NC(=O)C(CC)(c2ccccc2)C1=O)OC(N)=O.O=C(O)CC(=O)O.O=C(O)CC(O)(CC(=O)O)C(=O)O.O=C([O-])CC(O)(CC(=O)[O-])C(=O)[O-].O=C([O-])CCC(=O)O.[Na+].[Na+].[Na+].[Na+]. The summed E-state index contributed by atoms with van der Waals surface area (Å²) in [6.45, 7) is 5.03. The largest absolute Gasteiger partial charge is 1.00 e. The number of aliphatic hydroxyl groups excluding tert-OH is 1. The first-order chi connectivity index (χ1) is 34.8. The van der Waals surface area contributed by atoms with E-state index in [2.05, 4.69) is 5.32 Å². The summed E-state index contributed by atoms with van der Waals surface area (Å²) in [6.07, 6.45) is -7.91. The maximum absolute atomic E-state index is 13.3. The number of carbonyl (C=O) groups is 15. The van der Waals surface area contributed by atoms with E-state index in [1.807, 2.05) is 6.92 Å². The number of aliphatic hydroxyl groups is 3. The average Bonchev–Trinajstić information content (AvgIpc) is 3.25. The van der Waals surface area contributed by atoms with Crippen LogP contribution in [-0.2, 0) is 77.2 Å². The van der Waals surface area contributed by atoms with Crippen LogP contribution in [0.1, 0.15) is 90.5 Å². The Morgan fingerprint density at radius 2 is 1.11 bits per heavy atom. The van der Waals surface area contributed by atoms with E-state index in [0.717, 1.165) is 17.7 Å². The number of benzene rings is 1. The Kier molecular flexibility index (Phi) is 54.6. The first-order valence-electron chi connectivity index (χ1n) is 21.1. The van der Waals surface area contributed by atoms with Gasteiger partial charge in [-0.2, -0.15) is 0 Å². The van der Waals surface area contributed by atoms with Crippen LogP contribution in [0.4, 0.5) is 9.59 Å². The summed E-state index contributed by atoms with van der Waals surface area (Å²) in [6, 6.07) is 7.67. The smallest absolute Gasteiger partial charge is 0.550 e. The maximum atomic E-state index is 13.3. The van der Waals surface area contributed by atoms with Crippen molar-refractivity contribution in [3.8, 4) is 0 Å². The van der Waals surface area contributed by atoms with Crippen LogP contribution in [-0.4, -0.2) is 189 Å². The summed E-state index contributed by atoms with van der Waals surface area (Å²) in [5.74, 6) is -18.6. The number of imide groups is 2. The maximum Gasteiger partial charge on any atom is 1.00 e. The van der Waals surface area contributed by atoms with Gasteiger partial charge in [0, 0.05) is 37.4 Å². The van der Waals surface area contributed by atoms with Crippen molar-refractivity contribution in [1.29, 1.82) is 0 Å². The van der Waals surface area contributed by atoms with E-state index in [-0.39, 0.29) is 144 Å². The summed E-state index contributed by atoms with van der Waals surface area (Å²) in [5, 5.41) is 124. The Morgan fingerprint density at radius 1 is 0.675 bits per heavy atom. The standard InChI is InChI=1S/C20H27N3O6.2C6H8O7.C4H6O4.C3H4O4.C3H6O3.4Na/c1-3-5-11-28-13-15(29-18(21)26)12-23-17(25)20(4-2,16(24)22-19(23)27)14-9-7-6-8-10-14;2*7-3(8)1-6(13,5(11)12)2-4(9)10;5-3(6)1-2-4(7)8;4-2(5)1-3(6)7;1-2(4)3(5)6;;;;/h6-10,15H,3-5,11-13H2,1-2H3,(H2,21,26)(H,22,24,27);2*13H,1-2H2,(H,7,8)(H,9,10)(H,11,12);1-2H2,(H,5,6)(H,7,8);1H2,(H,4,5)(H,6,7);2,4H,1H3,(H,5,6);;;;/q;;;;;;4*+1/p-4. The predicted octanol–water partition coefficient (Wildman–Crippen LogP) is -19.2. The van der Waals surface area contributed by atoms with E-state index in [1.165, 1.54) is 6.92 Å². The molecule has 1 fully saturated rings. The van der Waals surface area contributed by atoms with Crippen molar-refractivity contribution in [2.45, 2.75) is 114 Å². The van der Waals surface area contributed by atoms with Crippen LogP contribution in [0.5, 0.6) is 0 Å². The molecule has 0 aliphatic carbocycles. The van der Waals surface area contributed by atoms with Crippen molar-refractivity contribution in [2.75, 3.05) is 19.8 Å². The number of nitrogens with zero attached hydrogens (tertiary/aromatic N) is 1. The number of rotatable bonds is 26. The van der Waals surface area contributed by atoms with Gasteiger partial charge in [-0.3, -0.25) is 43.8 Å². The predicted molar refractivity (Wildman–Crippen MR) is 231 cm³/mol. The monoisotopic (exact) mass is 1190 g/mol. The fourth-order valence-corrected chi connectivity index (χ4v) is 5.04. The number of hydrogen-bond donors (Lipinski definition) is 12. The van der Waals surface area contributed by atoms with Crippen molar-refractivity contribution in [3.63, 3.8) is 0 Å². The number of aliphatic carboxylic acids is 11. The Hall–Kier alpha value is -4.89. The minimum Gasteiger partial charge on any atom is -0.550 e. The molecular weight excluding hydrogens is 1130 g/mol. The van der Waals surface area contributed by atoms with Crippen LogP contribution in [0.25, 0.3) is 0 Å². The average molecular weight is 1190 g/mol. The molecule has 2 rings (SSSR count). The third-order valence-electron chi connectivity index (χ3n) is 8.62. The van der Waals surface area contributed by atoms with Crippen LogP contribution >= 0.6 is 0 Å². The van der Waals surface area contributed by atoms with E-state index in [1.54, 1.807) is 37.3 Å². The fraction of sp³-hybridized carbons (Fsp3) is 0.500. The molecule has 1 aliphatic heterocycles. The molecular formula is C42H55N3Na4O31. The molecule has 80 heavy (non-hydrogen) atoms. The number of nitrogens with two attached hydrogens (primary N) is 1. The Labute approximate surface area is 541 Å². The Bertz CT molecular complexity index is 2110. The molecule has 38 heteroatoms. The quantitative estimate of drug-likeness (QED) is 0.0233. The van der Waals surface area contributed by atoms with E-state index in [0.29, 0.717) is 12.2 Å². The summed E-state index contributed by atoms with van der Waals surface area (Å²) in [4.78, 5) is 159. The molecule has 13 N–H and O–H groups in total. The topological polar surface area (TPSA) is 610 Å². The fourth-order valence-electron chi connectivity index (χ4n) is 5.04. The number of carboxylic acid groups (broad SMARTS) is 11. The molecule has 0 spiro atoms. The number of hydrogen-bond acceptors (Lipinski definition) is 24. The second-order valence-corrected chi connectivity index (χ2v) is 14.9. The Morgan fingerprint density at radius 3 is 1.39 bits per heavy atom. The van der Waals surface area contributed by atoms with Crippen molar-refractivity contribution in [2.24, 2.45) is 5.73 Å². The summed E-state index contributed by atoms with van der Waals surface area (Å²) in [7, 11) is 0. The number of carboxylic acids is 11. The second-order valence-electron chi connectivity index (χ2n) is 14.9. The normalized spacial score (nSPS) is 13.5. The summed E-state index contributed by atoms with van der Waals surface area (Å²) >= 11 is 0. The van der Waals surface area contributed by atoms with Gasteiger partial charge in [-0.15, -0.1) is 0 Å². The number of urea groups is 1. The molecule has 1 aliphatic rings. The number of barbiturate groups is 1. The minimum atomic E-state index is -2.97. The molecule has 3 atom stereocenters. The number of nitrogens with one attached hydrogen (secondary N) is 1. The molecule has 0 aromatic heterocycles. The zero-order chi connectivity index (χ0) is 60.3. The van der Waals surface area contributed by atoms with Gasteiger partial charge in [0.15, 0.2) is 11.0 Å². The van der Waals surface area contributed by atoms with Crippen molar-refractivity contribution >= 4 is 89.6 Å². The van der Waals surface area contributed by atoms with Crippen LogP contribution in [0, 0.1) is 0 Å². The second kappa shape index (κ2) is 47.7. The number of ether oxygens (including phenoxy) is 2.